The van der Waals surface area contributed by atoms with Crippen LogP contribution in [0.25, 0.3) is 11.4 Å². The molecule has 2 heterocycles. The van der Waals surface area contributed by atoms with Crippen molar-refractivity contribution in [2.45, 2.75) is 24.2 Å². The fourth-order valence-corrected chi connectivity index (χ4v) is 3.06. The molecule has 1 unspecified atom stereocenters. The highest BCUT2D eigenvalue weighted by molar-refractivity contribution is 7.84. The van der Waals surface area contributed by atoms with E-state index in [0.717, 1.165) is 18.2 Å². The summed E-state index contributed by atoms with van der Waals surface area (Å²) in [6.45, 7) is 0.143. The molecule has 0 aliphatic rings. The van der Waals surface area contributed by atoms with Gasteiger partial charge in [-0.05, 0) is 35.9 Å². The van der Waals surface area contributed by atoms with E-state index in [1.54, 1.807) is 16.8 Å². The van der Waals surface area contributed by atoms with Crippen molar-refractivity contribution in [2.24, 2.45) is 0 Å². The first-order chi connectivity index (χ1) is 13.9. The Morgan fingerprint density at radius 3 is 2.27 bits per heavy atom. The topological polar surface area (TPSA) is 57.0 Å². The lowest BCUT2D eigenvalue weighted by molar-refractivity contribution is -0.274. The fraction of sp³-hybridized carbons (Fsp3) is 0.222. The Labute approximate surface area is 168 Å². The van der Waals surface area contributed by atoms with Gasteiger partial charge in [0.05, 0.1) is 22.2 Å². The van der Waals surface area contributed by atoms with E-state index in [1.165, 1.54) is 24.5 Å². The number of rotatable bonds is 5. The molecule has 0 spiro atoms. The maximum atomic E-state index is 13.2. The SMILES string of the molecule is CS(=O)c1nc(-c2cccn2Cc2ccc(OC(F)(F)F)cc2)cc(C(F)(F)F)n1. The molecule has 0 radical (unpaired) electrons. The maximum Gasteiger partial charge on any atom is 0.573 e. The first kappa shape index (κ1) is 21.8. The summed E-state index contributed by atoms with van der Waals surface area (Å²) in [5.41, 5.74) is -0.430. The second-order valence-electron chi connectivity index (χ2n) is 6.09. The molecule has 3 rings (SSSR count). The number of nitrogens with zero attached hydrogens (tertiary/aromatic N) is 3. The summed E-state index contributed by atoms with van der Waals surface area (Å²) in [6, 6.07) is 8.92. The molecule has 0 aliphatic carbocycles. The van der Waals surface area contributed by atoms with E-state index in [9.17, 15) is 30.6 Å². The summed E-state index contributed by atoms with van der Waals surface area (Å²) in [4.78, 5) is 7.28. The average molecular weight is 449 g/mol. The Kier molecular flexibility index (Phi) is 5.88. The van der Waals surface area contributed by atoms with E-state index in [4.69, 9.17) is 0 Å². The number of benzene rings is 1. The summed E-state index contributed by atoms with van der Waals surface area (Å²) in [6.07, 6.45) is -6.82. The van der Waals surface area contributed by atoms with Gasteiger partial charge in [0, 0.05) is 19.0 Å². The van der Waals surface area contributed by atoms with Crippen LogP contribution in [0.1, 0.15) is 11.3 Å². The third-order valence-electron chi connectivity index (χ3n) is 3.85. The summed E-state index contributed by atoms with van der Waals surface area (Å²) >= 11 is 0. The van der Waals surface area contributed by atoms with Crippen molar-refractivity contribution < 1.29 is 35.3 Å². The van der Waals surface area contributed by atoms with Crippen molar-refractivity contribution in [1.82, 2.24) is 14.5 Å². The molecule has 1 aromatic carbocycles. The van der Waals surface area contributed by atoms with E-state index >= 15 is 0 Å². The van der Waals surface area contributed by atoms with E-state index < -0.39 is 34.2 Å². The van der Waals surface area contributed by atoms with Crippen molar-refractivity contribution in [2.75, 3.05) is 6.26 Å². The summed E-state index contributed by atoms with van der Waals surface area (Å²) < 4.78 is 93.3. The molecular formula is C18H13F6N3O2S. The van der Waals surface area contributed by atoms with Crippen molar-refractivity contribution in [3.63, 3.8) is 0 Å². The van der Waals surface area contributed by atoms with Gasteiger partial charge in [-0.3, -0.25) is 4.21 Å². The van der Waals surface area contributed by atoms with Crippen LogP contribution in [0.2, 0.25) is 0 Å². The van der Waals surface area contributed by atoms with Gasteiger partial charge >= 0.3 is 12.5 Å². The number of alkyl halides is 6. The van der Waals surface area contributed by atoms with Crippen LogP contribution >= 0.6 is 0 Å². The maximum absolute atomic E-state index is 13.2. The smallest absolute Gasteiger partial charge is 0.406 e. The predicted octanol–water partition coefficient (Wildman–Crippen LogP) is 4.65. The fourth-order valence-electron chi connectivity index (χ4n) is 2.61. The molecule has 0 N–H and O–H groups in total. The number of hydrogen-bond donors (Lipinski definition) is 0. The number of halogens is 6. The summed E-state index contributed by atoms with van der Waals surface area (Å²) in [5.74, 6) is -0.389. The standard InChI is InChI=1S/C18H13F6N3O2S/c1-30(28)16-25-13(9-15(26-16)17(19,20)21)14-3-2-8-27(14)10-11-4-6-12(7-5-11)29-18(22,23)24/h2-9H,10H2,1H3. The lowest BCUT2D eigenvalue weighted by Gasteiger charge is -2.13. The molecule has 12 heteroatoms. The van der Waals surface area contributed by atoms with Crippen molar-refractivity contribution in [3.8, 4) is 17.1 Å². The molecule has 0 saturated heterocycles. The Hall–Kier alpha value is -2.89. The third-order valence-corrected chi connectivity index (χ3v) is 4.55. The second-order valence-corrected chi connectivity index (χ2v) is 7.36. The van der Waals surface area contributed by atoms with E-state index in [1.807, 2.05) is 0 Å². The quantitative estimate of drug-likeness (QED) is 0.421. The van der Waals surface area contributed by atoms with Gasteiger partial charge in [-0.1, -0.05) is 12.1 Å². The highest BCUT2D eigenvalue weighted by Gasteiger charge is 2.34. The molecule has 2 aromatic heterocycles. The zero-order valence-electron chi connectivity index (χ0n) is 15.2. The van der Waals surface area contributed by atoms with Crippen molar-refractivity contribution in [3.05, 3.63) is 59.9 Å². The van der Waals surface area contributed by atoms with Crippen molar-refractivity contribution in [1.29, 1.82) is 0 Å². The van der Waals surface area contributed by atoms with E-state index in [-0.39, 0.29) is 18.0 Å². The van der Waals surface area contributed by atoms with Crippen LogP contribution in [0.4, 0.5) is 26.3 Å². The average Bonchev–Trinajstić information content (AvgIpc) is 3.09. The normalized spacial score (nSPS) is 13.3. The van der Waals surface area contributed by atoms with Gasteiger partial charge in [-0.2, -0.15) is 13.2 Å². The molecule has 0 fully saturated rings. The molecule has 0 amide bonds. The molecular weight excluding hydrogens is 436 g/mol. The largest absolute Gasteiger partial charge is 0.573 e. The first-order valence-corrected chi connectivity index (χ1v) is 9.78. The van der Waals surface area contributed by atoms with Crippen LogP contribution in [-0.4, -0.2) is 31.4 Å². The summed E-state index contributed by atoms with van der Waals surface area (Å²) in [7, 11) is -1.84. The highest BCUT2D eigenvalue weighted by Crippen LogP contribution is 2.31. The van der Waals surface area contributed by atoms with Crippen LogP contribution in [0, 0.1) is 0 Å². The van der Waals surface area contributed by atoms with Gasteiger partial charge in [-0.15, -0.1) is 13.2 Å². The first-order valence-electron chi connectivity index (χ1n) is 8.22. The molecule has 0 bridgehead atoms. The Morgan fingerprint density at radius 1 is 1.03 bits per heavy atom. The molecule has 0 saturated carbocycles. The Balaban J connectivity index is 1.92. The van der Waals surface area contributed by atoms with Gasteiger partial charge in [0.15, 0.2) is 0 Å². The Bertz CT molecular complexity index is 1060. The van der Waals surface area contributed by atoms with Crippen LogP contribution in [-0.2, 0) is 23.5 Å². The number of ether oxygens (including phenoxy) is 1. The Morgan fingerprint density at radius 2 is 1.70 bits per heavy atom. The zero-order valence-corrected chi connectivity index (χ0v) is 16.0. The highest BCUT2D eigenvalue weighted by atomic mass is 32.2. The monoisotopic (exact) mass is 449 g/mol. The molecule has 0 aliphatic heterocycles. The molecule has 5 nitrogen and oxygen atoms in total. The minimum absolute atomic E-state index is 0.0791. The van der Waals surface area contributed by atoms with Crippen LogP contribution in [0.5, 0.6) is 5.75 Å². The lowest BCUT2D eigenvalue weighted by atomic mass is 10.2. The van der Waals surface area contributed by atoms with Crippen LogP contribution in [0.15, 0.2) is 53.8 Å². The lowest BCUT2D eigenvalue weighted by Crippen LogP contribution is -2.17. The molecule has 160 valence electrons. The number of hydrogen-bond acceptors (Lipinski definition) is 4. The second kappa shape index (κ2) is 8.09. The zero-order chi connectivity index (χ0) is 22.1. The third kappa shape index (κ3) is 5.38. The molecule has 30 heavy (non-hydrogen) atoms. The van der Waals surface area contributed by atoms with Gasteiger partial charge in [0.1, 0.15) is 11.4 Å². The van der Waals surface area contributed by atoms with Gasteiger partial charge < -0.3 is 9.30 Å². The van der Waals surface area contributed by atoms with E-state index in [0.29, 0.717) is 11.3 Å². The van der Waals surface area contributed by atoms with E-state index in [2.05, 4.69) is 14.7 Å². The minimum Gasteiger partial charge on any atom is -0.406 e. The van der Waals surface area contributed by atoms with Gasteiger partial charge in [-0.25, -0.2) is 9.97 Å². The van der Waals surface area contributed by atoms with Crippen LogP contribution < -0.4 is 4.74 Å². The minimum atomic E-state index is -4.81. The molecule has 3 aromatic rings. The van der Waals surface area contributed by atoms with Gasteiger partial charge in [0.25, 0.3) is 0 Å². The van der Waals surface area contributed by atoms with Gasteiger partial charge in [0.2, 0.25) is 5.16 Å². The molecule has 1 atom stereocenters. The van der Waals surface area contributed by atoms with Crippen molar-refractivity contribution >= 4 is 10.8 Å². The summed E-state index contributed by atoms with van der Waals surface area (Å²) in [5, 5.41) is -0.457. The number of aromatic nitrogens is 3. The van der Waals surface area contributed by atoms with Crippen LogP contribution in [0.3, 0.4) is 0 Å². The predicted molar refractivity (Wildman–Crippen MR) is 95.0 cm³/mol.